The normalized spacial score (nSPS) is 10.8. The SMILES string of the molecule is COc1ccc(/C=C(\C#N)C(=O)Nc2c(Br)cc(C)cc2Br)cc1OC. The van der Waals surface area contributed by atoms with Gasteiger partial charge in [0, 0.05) is 8.95 Å². The maximum absolute atomic E-state index is 12.5. The van der Waals surface area contributed by atoms with Crippen LogP contribution in [0.15, 0.2) is 44.9 Å². The van der Waals surface area contributed by atoms with Gasteiger partial charge < -0.3 is 14.8 Å². The van der Waals surface area contributed by atoms with Crippen LogP contribution in [-0.2, 0) is 4.79 Å². The van der Waals surface area contributed by atoms with Gasteiger partial charge in [0.15, 0.2) is 11.5 Å². The van der Waals surface area contributed by atoms with Crippen molar-refractivity contribution < 1.29 is 14.3 Å². The van der Waals surface area contributed by atoms with E-state index in [1.54, 1.807) is 25.3 Å². The zero-order valence-corrected chi connectivity index (χ0v) is 17.6. The topological polar surface area (TPSA) is 71.3 Å². The Morgan fingerprint density at radius 3 is 2.27 bits per heavy atom. The predicted octanol–water partition coefficient (Wildman–Crippen LogP) is 5.08. The molecular weight excluding hydrogens is 464 g/mol. The Labute approximate surface area is 168 Å². The van der Waals surface area contributed by atoms with Crippen LogP contribution < -0.4 is 14.8 Å². The minimum absolute atomic E-state index is 0.0309. The highest BCUT2D eigenvalue weighted by Crippen LogP contribution is 2.33. The third-order valence-electron chi connectivity index (χ3n) is 3.51. The van der Waals surface area contributed by atoms with E-state index in [2.05, 4.69) is 37.2 Å². The van der Waals surface area contributed by atoms with E-state index in [9.17, 15) is 10.1 Å². The van der Waals surface area contributed by atoms with Gasteiger partial charge in [-0.25, -0.2) is 0 Å². The smallest absolute Gasteiger partial charge is 0.266 e. The van der Waals surface area contributed by atoms with Crippen molar-refractivity contribution in [1.82, 2.24) is 0 Å². The number of rotatable bonds is 5. The van der Waals surface area contributed by atoms with E-state index in [0.29, 0.717) is 22.7 Å². The van der Waals surface area contributed by atoms with Crippen LogP contribution in [0.25, 0.3) is 6.08 Å². The first-order valence-corrected chi connectivity index (χ1v) is 9.09. The first kappa shape index (κ1) is 20.0. The van der Waals surface area contributed by atoms with Crippen LogP contribution in [0.2, 0.25) is 0 Å². The summed E-state index contributed by atoms with van der Waals surface area (Å²) in [4.78, 5) is 12.5. The zero-order chi connectivity index (χ0) is 19.3. The summed E-state index contributed by atoms with van der Waals surface area (Å²) in [5.74, 6) is 0.579. The van der Waals surface area contributed by atoms with Gasteiger partial charge in [0.1, 0.15) is 11.6 Å². The molecule has 0 radical (unpaired) electrons. The van der Waals surface area contributed by atoms with Crippen LogP contribution >= 0.6 is 31.9 Å². The molecule has 0 aliphatic carbocycles. The van der Waals surface area contributed by atoms with Crippen molar-refractivity contribution in [2.75, 3.05) is 19.5 Å². The summed E-state index contributed by atoms with van der Waals surface area (Å²) in [6, 6.07) is 10.8. The Hall–Kier alpha value is -2.30. The Morgan fingerprint density at radius 2 is 1.73 bits per heavy atom. The summed E-state index contributed by atoms with van der Waals surface area (Å²) in [5, 5.41) is 12.1. The average molecular weight is 480 g/mol. The lowest BCUT2D eigenvalue weighted by Crippen LogP contribution is -2.14. The molecule has 0 spiro atoms. The number of methoxy groups -OCH3 is 2. The Kier molecular flexibility index (Phi) is 6.83. The number of benzene rings is 2. The minimum Gasteiger partial charge on any atom is -0.493 e. The second-order valence-corrected chi connectivity index (χ2v) is 7.05. The van der Waals surface area contributed by atoms with Gasteiger partial charge >= 0.3 is 0 Å². The van der Waals surface area contributed by atoms with Gasteiger partial charge in [-0.2, -0.15) is 5.26 Å². The molecule has 0 fully saturated rings. The molecule has 0 saturated carbocycles. The number of nitriles is 1. The fourth-order valence-electron chi connectivity index (χ4n) is 2.26. The highest BCUT2D eigenvalue weighted by Gasteiger charge is 2.14. The van der Waals surface area contributed by atoms with E-state index in [-0.39, 0.29) is 5.57 Å². The summed E-state index contributed by atoms with van der Waals surface area (Å²) in [7, 11) is 3.06. The highest BCUT2D eigenvalue weighted by molar-refractivity contribution is 9.11. The van der Waals surface area contributed by atoms with Gasteiger partial charge in [-0.1, -0.05) is 6.07 Å². The number of anilines is 1. The van der Waals surface area contributed by atoms with E-state index in [4.69, 9.17) is 9.47 Å². The van der Waals surface area contributed by atoms with Crippen molar-refractivity contribution >= 4 is 49.5 Å². The number of carbonyl (C=O) groups excluding carboxylic acids is 1. The van der Waals surface area contributed by atoms with E-state index in [1.165, 1.54) is 13.2 Å². The molecule has 5 nitrogen and oxygen atoms in total. The number of halogens is 2. The second kappa shape index (κ2) is 8.88. The van der Waals surface area contributed by atoms with E-state index in [0.717, 1.165) is 14.5 Å². The molecule has 0 saturated heterocycles. The maximum Gasteiger partial charge on any atom is 0.266 e. The van der Waals surface area contributed by atoms with Crippen LogP contribution in [-0.4, -0.2) is 20.1 Å². The quantitative estimate of drug-likeness (QED) is 0.479. The fourth-order valence-corrected chi connectivity index (χ4v) is 3.87. The lowest BCUT2D eigenvalue weighted by molar-refractivity contribution is -0.112. The first-order valence-electron chi connectivity index (χ1n) is 7.50. The lowest BCUT2D eigenvalue weighted by Gasteiger charge is -2.11. The Balaban J connectivity index is 2.32. The molecule has 134 valence electrons. The van der Waals surface area contributed by atoms with Gasteiger partial charge in [-0.3, -0.25) is 4.79 Å². The molecular formula is C19H16Br2N2O3. The maximum atomic E-state index is 12.5. The monoisotopic (exact) mass is 478 g/mol. The van der Waals surface area contributed by atoms with Gasteiger partial charge in [0.2, 0.25) is 0 Å². The summed E-state index contributed by atoms with van der Waals surface area (Å²) >= 11 is 6.84. The number of hydrogen-bond acceptors (Lipinski definition) is 4. The van der Waals surface area contributed by atoms with Crippen molar-refractivity contribution in [2.24, 2.45) is 0 Å². The molecule has 2 rings (SSSR count). The number of ether oxygens (including phenoxy) is 2. The first-order chi connectivity index (χ1) is 12.4. The standard InChI is InChI=1S/C19H16Br2N2O3/c1-11-6-14(20)18(15(21)7-11)23-19(24)13(10-22)8-12-4-5-16(25-2)17(9-12)26-3/h4-9H,1-3H3,(H,23,24)/b13-8+. The third kappa shape index (κ3) is 4.65. The third-order valence-corrected chi connectivity index (χ3v) is 4.76. The van der Waals surface area contributed by atoms with Gasteiger partial charge in [-0.15, -0.1) is 0 Å². The van der Waals surface area contributed by atoms with Crippen LogP contribution in [0.1, 0.15) is 11.1 Å². The van der Waals surface area contributed by atoms with Crippen molar-refractivity contribution in [2.45, 2.75) is 6.92 Å². The van der Waals surface area contributed by atoms with Crippen LogP contribution in [0.5, 0.6) is 11.5 Å². The van der Waals surface area contributed by atoms with Gasteiger partial charge in [0.05, 0.1) is 19.9 Å². The number of amides is 1. The van der Waals surface area contributed by atoms with Crippen molar-refractivity contribution in [3.8, 4) is 17.6 Å². The largest absolute Gasteiger partial charge is 0.493 e. The second-order valence-electron chi connectivity index (χ2n) is 5.34. The summed E-state index contributed by atoms with van der Waals surface area (Å²) in [6.45, 7) is 1.94. The van der Waals surface area contributed by atoms with Crippen LogP contribution in [0.4, 0.5) is 5.69 Å². The number of nitrogens with one attached hydrogen (secondary N) is 1. The van der Waals surface area contributed by atoms with Gasteiger partial charge in [0.25, 0.3) is 5.91 Å². The van der Waals surface area contributed by atoms with E-state index < -0.39 is 5.91 Å². The predicted molar refractivity (Wildman–Crippen MR) is 108 cm³/mol. The molecule has 1 N–H and O–H groups in total. The molecule has 0 heterocycles. The molecule has 0 aliphatic heterocycles. The molecule has 7 heteroatoms. The molecule has 2 aromatic carbocycles. The minimum atomic E-state index is -0.507. The van der Waals surface area contributed by atoms with Crippen molar-refractivity contribution in [3.05, 3.63) is 56.0 Å². The van der Waals surface area contributed by atoms with Crippen molar-refractivity contribution in [1.29, 1.82) is 5.26 Å². The number of carbonyl (C=O) groups is 1. The molecule has 0 aliphatic rings. The summed E-state index contributed by atoms with van der Waals surface area (Å²) in [6.07, 6.45) is 1.49. The van der Waals surface area contributed by atoms with Gasteiger partial charge in [-0.05, 0) is 80.3 Å². The van der Waals surface area contributed by atoms with Crippen molar-refractivity contribution in [3.63, 3.8) is 0 Å². The molecule has 26 heavy (non-hydrogen) atoms. The van der Waals surface area contributed by atoms with E-state index >= 15 is 0 Å². The number of nitrogens with zero attached hydrogens (tertiary/aromatic N) is 1. The molecule has 0 aromatic heterocycles. The summed E-state index contributed by atoms with van der Waals surface area (Å²) in [5.41, 5.74) is 2.21. The van der Waals surface area contributed by atoms with Crippen LogP contribution in [0.3, 0.4) is 0 Å². The zero-order valence-electron chi connectivity index (χ0n) is 14.4. The van der Waals surface area contributed by atoms with E-state index in [1.807, 2.05) is 25.1 Å². The molecule has 0 bridgehead atoms. The molecule has 0 atom stereocenters. The number of aryl methyl sites for hydroxylation is 1. The Morgan fingerprint density at radius 1 is 1.12 bits per heavy atom. The molecule has 0 unspecified atom stereocenters. The van der Waals surface area contributed by atoms with Crippen LogP contribution in [0, 0.1) is 18.3 Å². The summed E-state index contributed by atoms with van der Waals surface area (Å²) < 4.78 is 11.9. The highest BCUT2D eigenvalue weighted by atomic mass is 79.9. The average Bonchev–Trinajstić information content (AvgIpc) is 2.62. The number of hydrogen-bond donors (Lipinski definition) is 1. The Bertz CT molecular complexity index is 894. The molecule has 2 aromatic rings. The molecule has 1 amide bonds. The fraction of sp³-hybridized carbons (Fsp3) is 0.158. The lowest BCUT2D eigenvalue weighted by atomic mass is 10.1.